The summed E-state index contributed by atoms with van der Waals surface area (Å²) >= 11 is 1.42. The molecule has 0 fully saturated rings. The maximum Gasteiger partial charge on any atom is 0.265 e. The predicted molar refractivity (Wildman–Crippen MR) is 110 cm³/mol. The molecule has 0 radical (unpaired) electrons. The van der Waals surface area contributed by atoms with Gasteiger partial charge in [-0.25, -0.2) is 0 Å². The molecule has 0 unspecified atom stereocenters. The second kappa shape index (κ2) is 8.48. The average Bonchev–Trinajstić information content (AvgIpc) is 3.23. The average molecular weight is 401 g/mol. The van der Waals surface area contributed by atoms with Gasteiger partial charge < -0.3 is 20.5 Å². The minimum atomic E-state index is -0.781. The van der Waals surface area contributed by atoms with E-state index in [4.69, 9.17) is 15.2 Å². The summed E-state index contributed by atoms with van der Waals surface area (Å²) in [5, 5.41) is 3.32. The van der Waals surface area contributed by atoms with Gasteiger partial charge in [0.05, 0.1) is 12.7 Å². The van der Waals surface area contributed by atoms with Gasteiger partial charge in [-0.15, -0.1) is 17.9 Å². The van der Waals surface area contributed by atoms with E-state index in [0.29, 0.717) is 28.5 Å². The number of fused-ring (bicyclic) bond motifs is 1. The Bertz CT molecular complexity index is 919. The van der Waals surface area contributed by atoms with Crippen molar-refractivity contribution in [1.29, 1.82) is 0 Å². The predicted octanol–water partition coefficient (Wildman–Crippen LogP) is 3.48. The molecular formula is C21H24N2O4S. The van der Waals surface area contributed by atoms with Crippen LogP contribution in [-0.4, -0.2) is 25.0 Å². The van der Waals surface area contributed by atoms with Crippen molar-refractivity contribution in [1.82, 2.24) is 0 Å². The van der Waals surface area contributed by atoms with Crippen molar-refractivity contribution in [3.05, 3.63) is 52.4 Å². The molecule has 0 bridgehead atoms. The summed E-state index contributed by atoms with van der Waals surface area (Å²) in [6, 6.07) is 5.53. The Balaban J connectivity index is 1.74. The molecule has 2 amide bonds. The third-order valence-electron chi connectivity index (χ3n) is 4.69. The van der Waals surface area contributed by atoms with Gasteiger partial charge in [-0.3, -0.25) is 9.59 Å². The van der Waals surface area contributed by atoms with E-state index in [0.717, 1.165) is 35.3 Å². The summed E-state index contributed by atoms with van der Waals surface area (Å²) in [6.07, 6.45) is 4.48. The van der Waals surface area contributed by atoms with Crippen LogP contribution in [0.3, 0.4) is 0 Å². The zero-order valence-electron chi connectivity index (χ0n) is 16.0. The number of hydrogen-bond donors (Lipinski definition) is 2. The summed E-state index contributed by atoms with van der Waals surface area (Å²) in [4.78, 5) is 25.7. The summed E-state index contributed by atoms with van der Waals surface area (Å²) in [6.45, 7) is 5.38. The Kier molecular flexibility index (Phi) is 6.04. The number of thiophene rings is 1. The van der Waals surface area contributed by atoms with Gasteiger partial charge >= 0.3 is 0 Å². The van der Waals surface area contributed by atoms with E-state index in [9.17, 15) is 9.59 Å². The van der Waals surface area contributed by atoms with Crippen molar-refractivity contribution >= 4 is 28.2 Å². The second-order valence-corrected chi connectivity index (χ2v) is 7.76. The topological polar surface area (TPSA) is 90.6 Å². The van der Waals surface area contributed by atoms with Gasteiger partial charge in [-0.2, -0.15) is 0 Å². The molecule has 1 aromatic heterocycles. The molecular weight excluding hydrogens is 376 g/mol. The lowest BCUT2D eigenvalue weighted by atomic mass is 10.1. The number of benzene rings is 1. The molecule has 0 saturated heterocycles. The molecule has 3 rings (SSSR count). The first-order chi connectivity index (χ1) is 13.4. The van der Waals surface area contributed by atoms with Crippen molar-refractivity contribution in [2.45, 2.75) is 38.7 Å². The van der Waals surface area contributed by atoms with Gasteiger partial charge in [0.2, 0.25) is 0 Å². The summed E-state index contributed by atoms with van der Waals surface area (Å²) < 4.78 is 11.2. The fourth-order valence-corrected chi connectivity index (χ4v) is 4.61. The van der Waals surface area contributed by atoms with Gasteiger partial charge in [-0.1, -0.05) is 12.1 Å². The van der Waals surface area contributed by atoms with Crippen LogP contribution < -0.4 is 20.5 Å². The maximum absolute atomic E-state index is 12.7. The number of carbonyl (C=O) groups is 2. The maximum atomic E-state index is 12.7. The molecule has 0 aliphatic heterocycles. The standard InChI is InChI=1S/C21H24N2O4S/c1-4-6-13-9-10-15(16(11-13)26-3)27-12(2)20(25)23-21-18(19(22)24)14-7-5-8-17(14)28-21/h4,9-12H,1,5-8H2,2-3H3,(H2,22,24)(H,23,25)/t12-/m1/s1. The van der Waals surface area contributed by atoms with Crippen LogP contribution in [0.5, 0.6) is 11.5 Å². The fraction of sp³-hybridized carbons (Fsp3) is 0.333. The zero-order valence-corrected chi connectivity index (χ0v) is 16.9. The highest BCUT2D eigenvalue weighted by Crippen LogP contribution is 2.39. The smallest absolute Gasteiger partial charge is 0.265 e. The highest BCUT2D eigenvalue weighted by Gasteiger charge is 2.27. The molecule has 1 aliphatic carbocycles. The van der Waals surface area contributed by atoms with Crippen LogP contribution in [0.15, 0.2) is 30.9 Å². The highest BCUT2D eigenvalue weighted by molar-refractivity contribution is 7.17. The lowest BCUT2D eigenvalue weighted by Crippen LogP contribution is -2.30. The number of hydrogen-bond acceptors (Lipinski definition) is 5. The van der Waals surface area contributed by atoms with Crippen LogP contribution in [-0.2, 0) is 24.1 Å². The van der Waals surface area contributed by atoms with E-state index in [-0.39, 0.29) is 5.91 Å². The number of carbonyl (C=O) groups excluding carboxylic acids is 2. The van der Waals surface area contributed by atoms with Crippen molar-refractivity contribution < 1.29 is 19.1 Å². The summed E-state index contributed by atoms with van der Waals surface area (Å²) in [5.74, 6) is 0.163. The van der Waals surface area contributed by atoms with Crippen molar-refractivity contribution in [2.75, 3.05) is 12.4 Å². The lowest BCUT2D eigenvalue weighted by Gasteiger charge is -2.17. The van der Waals surface area contributed by atoms with Crippen LogP contribution in [0.25, 0.3) is 0 Å². The second-order valence-electron chi connectivity index (χ2n) is 6.65. The Morgan fingerprint density at radius 3 is 2.82 bits per heavy atom. The first kappa shape index (κ1) is 19.9. The number of anilines is 1. The number of allylic oxidation sites excluding steroid dienone is 1. The fourth-order valence-electron chi connectivity index (χ4n) is 3.31. The SMILES string of the molecule is C=CCc1ccc(O[C@H](C)C(=O)Nc2sc3c(c2C(N)=O)CCC3)c(OC)c1. The van der Waals surface area contributed by atoms with Gasteiger partial charge in [-0.05, 0) is 55.9 Å². The molecule has 148 valence electrons. The van der Waals surface area contributed by atoms with E-state index in [1.165, 1.54) is 11.3 Å². The first-order valence-corrected chi connectivity index (χ1v) is 9.96. The van der Waals surface area contributed by atoms with Crippen LogP contribution in [0.1, 0.15) is 39.7 Å². The minimum Gasteiger partial charge on any atom is -0.493 e. The number of amides is 2. The molecule has 1 atom stereocenters. The zero-order chi connectivity index (χ0) is 20.3. The van der Waals surface area contributed by atoms with Gasteiger partial charge in [0.25, 0.3) is 11.8 Å². The quantitative estimate of drug-likeness (QED) is 0.664. The number of primary amides is 1. The number of methoxy groups -OCH3 is 1. The monoisotopic (exact) mass is 400 g/mol. The normalized spacial score (nSPS) is 13.5. The van der Waals surface area contributed by atoms with Crippen LogP contribution in [0.4, 0.5) is 5.00 Å². The Morgan fingerprint density at radius 1 is 1.36 bits per heavy atom. The van der Waals surface area contributed by atoms with Crippen molar-refractivity contribution in [2.24, 2.45) is 5.73 Å². The molecule has 1 aliphatic rings. The number of rotatable bonds is 8. The Hall–Kier alpha value is -2.80. The molecule has 0 saturated carbocycles. The van der Waals surface area contributed by atoms with Crippen molar-refractivity contribution in [3.8, 4) is 11.5 Å². The third-order valence-corrected chi connectivity index (χ3v) is 5.89. The molecule has 2 aromatic rings. The minimum absolute atomic E-state index is 0.348. The number of nitrogens with two attached hydrogens (primary N) is 1. The Morgan fingerprint density at radius 2 is 2.14 bits per heavy atom. The van der Waals surface area contributed by atoms with E-state index in [1.807, 2.05) is 12.1 Å². The van der Waals surface area contributed by atoms with Gasteiger partial charge in [0.1, 0.15) is 5.00 Å². The van der Waals surface area contributed by atoms with Gasteiger partial charge in [0, 0.05) is 4.88 Å². The van der Waals surface area contributed by atoms with Gasteiger partial charge in [0.15, 0.2) is 17.6 Å². The Labute approximate surface area is 168 Å². The van der Waals surface area contributed by atoms with E-state index >= 15 is 0 Å². The van der Waals surface area contributed by atoms with E-state index in [1.54, 1.807) is 26.2 Å². The molecule has 1 heterocycles. The third kappa shape index (κ3) is 4.04. The number of aryl methyl sites for hydroxylation is 1. The number of ether oxygens (including phenoxy) is 2. The van der Waals surface area contributed by atoms with E-state index < -0.39 is 12.0 Å². The first-order valence-electron chi connectivity index (χ1n) is 9.14. The molecule has 0 spiro atoms. The summed E-state index contributed by atoms with van der Waals surface area (Å²) in [7, 11) is 1.55. The van der Waals surface area contributed by atoms with Crippen LogP contribution in [0, 0.1) is 0 Å². The highest BCUT2D eigenvalue weighted by atomic mass is 32.1. The molecule has 7 heteroatoms. The largest absolute Gasteiger partial charge is 0.493 e. The van der Waals surface area contributed by atoms with Crippen LogP contribution in [0.2, 0.25) is 0 Å². The molecule has 3 N–H and O–H groups in total. The lowest BCUT2D eigenvalue weighted by molar-refractivity contribution is -0.122. The number of nitrogens with one attached hydrogen (secondary N) is 1. The summed E-state index contributed by atoms with van der Waals surface area (Å²) in [5.41, 5.74) is 7.99. The van der Waals surface area contributed by atoms with E-state index in [2.05, 4.69) is 11.9 Å². The van der Waals surface area contributed by atoms with Crippen molar-refractivity contribution in [3.63, 3.8) is 0 Å². The molecule has 1 aromatic carbocycles. The van der Waals surface area contributed by atoms with Crippen LogP contribution >= 0.6 is 11.3 Å². The molecule has 6 nitrogen and oxygen atoms in total. The molecule has 28 heavy (non-hydrogen) atoms.